The van der Waals surface area contributed by atoms with E-state index in [0.717, 1.165) is 10.8 Å². The zero-order chi connectivity index (χ0) is 9.80. The normalized spacial score (nSPS) is 10.1. The summed E-state index contributed by atoms with van der Waals surface area (Å²) in [5.74, 6) is 0.810. The third-order valence-electron chi connectivity index (χ3n) is 1.63. The number of nitrogens with zero attached hydrogens (tertiary/aromatic N) is 2. The molecule has 0 aromatic carbocycles. The van der Waals surface area contributed by atoms with Crippen LogP contribution in [0.1, 0.15) is 5.01 Å². The number of aromatic nitrogens is 2. The largest absolute Gasteiger partial charge is 0.364 e. The van der Waals surface area contributed by atoms with E-state index in [1.54, 1.807) is 29.8 Å². The maximum atomic E-state index is 5.71. The van der Waals surface area contributed by atoms with E-state index in [0.29, 0.717) is 11.6 Å². The van der Waals surface area contributed by atoms with Gasteiger partial charge in [-0.2, -0.15) is 0 Å². The number of hydrogen-bond acceptors (Lipinski definition) is 4. The van der Waals surface area contributed by atoms with E-state index in [-0.39, 0.29) is 0 Å². The van der Waals surface area contributed by atoms with Crippen molar-refractivity contribution in [1.29, 1.82) is 0 Å². The lowest BCUT2D eigenvalue weighted by molar-refractivity contribution is 1.08. The highest BCUT2D eigenvalue weighted by atomic mass is 35.5. The number of nitrogens with one attached hydrogen (secondary N) is 1. The molecule has 0 saturated heterocycles. The van der Waals surface area contributed by atoms with E-state index in [1.165, 1.54) is 0 Å². The molecule has 0 amide bonds. The summed E-state index contributed by atoms with van der Waals surface area (Å²) in [7, 11) is 0. The van der Waals surface area contributed by atoms with Gasteiger partial charge in [-0.3, -0.25) is 0 Å². The van der Waals surface area contributed by atoms with Crippen LogP contribution in [-0.2, 0) is 6.54 Å². The summed E-state index contributed by atoms with van der Waals surface area (Å²) in [5.41, 5.74) is 0. The molecule has 0 unspecified atom stereocenters. The first-order valence-electron chi connectivity index (χ1n) is 4.08. The van der Waals surface area contributed by atoms with Gasteiger partial charge >= 0.3 is 0 Å². The first kappa shape index (κ1) is 9.43. The third-order valence-corrected chi connectivity index (χ3v) is 2.63. The van der Waals surface area contributed by atoms with Crippen LogP contribution in [0.15, 0.2) is 29.9 Å². The average molecular weight is 226 g/mol. The number of pyridine rings is 1. The molecule has 0 bridgehead atoms. The smallest absolute Gasteiger partial charge is 0.126 e. The van der Waals surface area contributed by atoms with Crippen molar-refractivity contribution in [2.75, 3.05) is 5.32 Å². The van der Waals surface area contributed by atoms with Crippen molar-refractivity contribution < 1.29 is 0 Å². The Hall–Kier alpha value is -1.13. The summed E-state index contributed by atoms with van der Waals surface area (Å²) in [6.07, 6.45) is 3.41. The molecule has 72 valence electrons. The predicted octanol–water partition coefficient (Wildman–Crippen LogP) is 2.80. The quantitative estimate of drug-likeness (QED) is 0.873. The van der Waals surface area contributed by atoms with Crippen LogP contribution in [0.25, 0.3) is 0 Å². The lowest BCUT2D eigenvalue weighted by atomic mass is 10.4. The summed E-state index contributed by atoms with van der Waals surface area (Å²) in [6.45, 7) is 0.701. The molecule has 2 rings (SSSR count). The highest BCUT2D eigenvalue weighted by Gasteiger charge is 1.96. The first-order chi connectivity index (χ1) is 6.84. The Morgan fingerprint density at radius 3 is 2.93 bits per heavy atom. The minimum Gasteiger partial charge on any atom is -0.364 e. The summed E-state index contributed by atoms with van der Waals surface area (Å²) in [4.78, 5) is 8.26. The van der Waals surface area contributed by atoms with Crippen LogP contribution in [0.2, 0.25) is 5.02 Å². The standard InChI is InChI=1S/C9H8ClN3S/c10-7-1-2-8(12-5-7)13-6-9-11-3-4-14-9/h1-5H,6H2,(H,12,13). The highest BCUT2D eigenvalue weighted by Crippen LogP contribution is 2.11. The average Bonchev–Trinajstić information content (AvgIpc) is 2.70. The lowest BCUT2D eigenvalue weighted by Gasteiger charge is -2.02. The van der Waals surface area contributed by atoms with E-state index in [2.05, 4.69) is 15.3 Å². The second-order valence-electron chi connectivity index (χ2n) is 2.64. The van der Waals surface area contributed by atoms with E-state index < -0.39 is 0 Å². The van der Waals surface area contributed by atoms with E-state index >= 15 is 0 Å². The molecule has 0 aliphatic carbocycles. The number of hydrogen-bond donors (Lipinski definition) is 1. The minimum atomic E-state index is 0.643. The molecule has 2 heterocycles. The lowest BCUT2D eigenvalue weighted by Crippen LogP contribution is -2.00. The van der Waals surface area contributed by atoms with Crippen LogP contribution in [0.3, 0.4) is 0 Å². The van der Waals surface area contributed by atoms with Crippen molar-refractivity contribution in [3.05, 3.63) is 39.9 Å². The SMILES string of the molecule is Clc1ccc(NCc2nccs2)nc1. The minimum absolute atomic E-state index is 0.643. The Labute approximate surface area is 90.8 Å². The van der Waals surface area contributed by atoms with Crippen molar-refractivity contribution in [2.45, 2.75) is 6.54 Å². The van der Waals surface area contributed by atoms with Crippen molar-refractivity contribution >= 4 is 28.8 Å². The molecule has 0 fully saturated rings. The second-order valence-corrected chi connectivity index (χ2v) is 4.06. The number of rotatable bonds is 3. The Kier molecular flexibility index (Phi) is 2.96. The monoisotopic (exact) mass is 225 g/mol. The fourth-order valence-corrected chi connectivity index (χ4v) is 1.65. The molecule has 0 aliphatic rings. The van der Waals surface area contributed by atoms with Crippen LogP contribution >= 0.6 is 22.9 Å². The zero-order valence-electron chi connectivity index (χ0n) is 7.27. The summed E-state index contributed by atoms with van der Waals surface area (Å²) >= 11 is 7.33. The molecule has 14 heavy (non-hydrogen) atoms. The molecule has 2 aromatic rings. The van der Waals surface area contributed by atoms with Gasteiger partial charge in [0.2, 0.25) is 0 Å². The van der Waals surface area contributed by atoms with E-state index in [9.17, 15) is 0 Å². The summed E-state index contributed by atoms with van der Waals surface area (Å²) in [6, 6.07) is 3.65. The maximum Gasteiger partial charge on any atom is 0.126 e. The fourth-order valence-electron chi connectivity index (χ4n) is 0.987. The number of halogens is 1. The predicted molar refractivity (Wildman–Crippen MR) is 58.7 cm³/mol. The molecule has 0 saturated carbocycles. The molecule has 1 N–H and O–H groups in total. The van der Waals surface area contributed by atoms with E-state index in [1.807, 2.05) is 11.4 Å². The molecule has 5 heteroatoms. The van der Waals surface area contributed by atoms with Gasteiger partial charge in [-0.15, -0.1) is 11.3 Å². The van der Waals surface area contributed by atoms with Crippen LogP contribution in [-0.4, -0.2) is 9.97 Å². The molecule has 0 atom stereocenters. The zero-order valence-corrected chi connectivity index (χ0v) is 8.85. The Morgan fingerprint density at radius 1 is 1.36 bits per heavy atom. The molecule has 0 radical (unpaired) electrons. The molecule has 3 nitrogen and oxygen atoms in total. The molecular weight excluding hydrogens is 218 g/mol. The number of thiazole rings is 1. The summed E-state index contributed by atoms with van der Waals surface area (Å²) in [5, 5.41) is 6.79. The van der Waals surface area contributed by atoms with Gasteiger partial charge in [0, 0.05) is 17.8 Å². The van der Waals surface area contributed by atoms with Gasteiger partial charge < -0.3 is 5.32 Å². The van der Waals surface area contributed by atoms with E-state index in [4.69, 9.17) is 11.6 Å². The van der Waals surface area contributed by atoms with Crippen molar-refractivity contribution in [3.63, 3.8) is 0 Å². The Balaban J connectivity index is 1.95. The first-order valence-corrected chi connectivity index (χ1v) is 5.34. The van der Waals surface area contributed by atoms with Gasteiger partial charge in [-0.05, 0) is 12.1 Å². The third kappa shape index (κ3) is 2.43. The van der Waals surface area contributed by atoms with Crippen LogP contribution in [0.4, 0.5) is 5.82 Å². The van der Waals surface area contributed by atoms with Crippen molar-refractivity contribution in [3.8, 4) is 0 Å². The molecule has 2 aromatic heterocycles. The van der Waals surface area contributed by atoms with Gasteiger partial charge in [0.25, 0.3) is 0 Å². The summed E-state index contributed by atoms with van der Waals surface area (Å²) < 4.78 is 0. The Morgan fingerprint density at radius 2 is 2.29 bits per heavy atom. The molecule has 0 aliphatic heterocycles. The molecular formula is C9H8ClN3S. The van der Waals surface area contributed by atoms with Gasteiger partial charge in [-0.25, -0.2) is 9.97 Å². The topological polar surface area (TPSA) is 37.8 Å². The van der Waals surface area contributed by atoms with Crippen LogP contribution < -0.4 is 5.32 Å². The van der Waals surface area contributed by atoms with Crippen molar-refractivity contribution in [1.82, 2.24) is 9.97 Å². The maximum absolute atomic E-state index is 5.71. The van der Waals surface area contributed by atoms with Gasteiger partial charge in [0.05, 0.1) is 11.6 Å². The van der Waals surface area contributed by atoms with Crippen molar-refractivity contribution in [2.24, 2.45) is 0 Å². The van der Waals surface area contributed by atoms with Crippen LogP contribution in [0, 0.1) is 0 Å². The van der Waals surface area contributed by atoms with Gasteiger partial charge in [-0.1, -0.05) is 11.6 Å². The number of anilines is 1. The molecule has 0 spiro atoms. The highest BCUT2D eigenvalue weighted by molar-refractivity contribution is 7.09. The van der Waals surface area contributed by atoms with Gasteiger partial charge in [0.15, 0.2) is 0 Å². The van der Waals surface area contributed by atoms with Crippen LogP contribution in [0.5, 0.6) is 0 Å². The Bertz CT molecular complexity index is 385. The fraction of sp³-hybridized carbons (Fsp3) is 0.111. The second kappa shape index (κ2) is 4.39. The van der Waals surface area contributed by atoms with Gasteiger partial charge in [0.1, 0.15) is 10.8 Å².